The minimum atomic E-state index is -0.852. The molecular formula is C11H13FO3. The Morgan fingerprint density at radius 2 is 1.80 bits per heavy atom. The van der Waals surface area contributed by atoms with Gasteiger partial charge in [0, 0.05) is 20.6 Å². The van der Waals surface area contributed by atoms with E-state index in [9.17, 15) is 9.18 Å². The average molecular weight is 212 g/mol. The summed E-state index contributed by atoms with van der Waals surface area (Å²) in [6.45, 7) is 0. The van der Waals surface area contributed by atoms with Gasteiger partial charge in [-0.15, -0.1) is 0 Å². The molecular weight excluding hydrogens is 199 g/mol. The lowest BCUT2D eigenvalue weighted by molar-refractivity contribution is -0.155. The van der Waals surface area contributed by atoms with Crippen LogP contribution in [0.3, 0.4) is 0 Å². The van der Waals surface area contributed by atoms with Crippen molar-refractivity contribution in [2.75, 3.05) is 14.2 Å². The predicted molar refractivity (Wildman–Crippen MR) is 52.9 cm³/mol. The molecule has 1 rings (SSSR count). The molecule has 0 aliphatic rings. The van der Waals surface area contributed by atoms with Crippen LogP contribution in [0.25, 0.3) is 0 Å². The fraction of sp³-hybridized carbons (Fsp3) is 0.364. The standard InChI is InChI=1S/C11H13FO3/c1-14-11(15-2)10(13)7-8-3-5-9(12)6-4-8/h3-6,11H,7H2,1-2H3. The van der Waals surface area contributed by atoms with E-state index in [1.807, 2.05) is 0 Å². The molecule has 15 heavy (non-hydrogen) atoms. The molecule has 0 aliphatic heterocycles. The van der Waals surface area contributed by atoms with Crippen LogP contribution in [0.4, 0.5) is 4.39 Å². The Kier molecular flexibility index (Phi) is 4.39. The van der Waals surface area contributed by atoms with Crippen molar-refractivity contribution in [2.24, 2.45) is 0 Å². The zero-order valence-corrected chi connectivity index (χ0v) is 8.70. The summed E-state index contributed by atoms with van der Waals surface area (Å²) in [4.78, 5) is 11.5. The first-order valence-corrected chi connectivity index (χ1v) is 4.50. The smallest absolute Gasteiger partial charge is 0.217 e. The monoisotopic (exact) mass is 212 g/mol. The number of carbonyl (C=O) groups excluding carboxylic acids is 1. The van der Waals surface area contributed by atoms with Crippen LogP contribution < -0.4 is 0 Å². The summed E-state index contributed by atoms with van der Waals surface area (Å²) in [5.41, 5.74) is 0.737. The van der Waals surface area contributed by atoms with Crippen LogP contribution in [0.5, 0.6) is 0 Å². The van der Waals surface area contributed by atoms with Crippen molar-refractivity contribution in [3.05, 3.63) is 35.6 Å². The number of Topliss-reactive ketones (excluding diaryl/α,β-unsaturated/α-hetero) is 1. The maximum absolute atomic E-state index is 12.6. The predicted octanol–water partition coefficient (Wildman–Crippen LogP) is 1.56. The Morgan fingerprint density at radius 3 is 2.27 bits per heavy atom. The van der Waals surface area contributed by atoms with Crippen LogP contribution >= 0.6 is 0 Å². The van der Waals surface area contributed by atoms with Gasteiger partial charge in [0.1, 0.15) is 5.82 Å². The summed E-state index contributed by atoms with van der Waals surface area (Å²) in [5.74, 6) is -0.507. The zero-order valence-electron chi connectivity index (χ0n) is 8.70. The molecule has 1 aromatic carbocycles. The highest BCUT2D eigenvalue weighted by molar-refractivity contribution is 5.84. The molecule has 3 nitrogen and oxygen atoms in total. The van der Waals surface area contributed by atoms with Crippen LogP contribution in [0.15, 0.2) is 24.3 Å². The minimum absolute atomic E-state index is 0.173. The molecule has 4 heteroatoms. The summed E-state index contributed by atoms with van der Waals surface area (Å²) in [7, 11) is 2.80. The highest BCUT2D eigenvalue weighted by Gasteiger charge is 2.16. The van der Waals surface area contributed by atoms with E-state index in [2.05, 4.69) is 0 Å². The minimum Gasteiger partial charge on any atom is -0.349 e. The third-order valence-electron chi connectivity index (χ3n) is 1.98. The quantitative estimate of drug-likeness (QED) is 0.695. The van der Waals surface area contributed by atoms with Gasteiger partial charge in [-0.05, 0) is 17.7 Å². The van der Waals surface area contributed by atoms with E-state index in [1.165, 1.54) is 26.4 Å². The average Bonchev–Trinajstić information content (AvgIpc) is 2.23. The van der Waals surface area contributed by atoms with Crippen LogP contribution in [-0.2, 0) is 20.7 Å². The molecule has 0 unspecified atom stereocenters. The van der Waals surface area contributed by atoms with E-state index >= 15 is 0 Å². The molecule has 0 spiro atoms. The van der Waals surface area contributed by atoms with Gasteiger partial charge in [0.15, 0.2) is 5.78 Å². The number of ketones is 1. The largest absolute Gasteiger partial charge is 0.349 e. The van der Waals surface area contributed by atoms with E-state index in [0.717, 1.165) is 5.56 Å². The van der Waals surface area contributed by atoms with Gasteiger partial charge in [0.25, 0.3) is 0 Å². The fourth-order valence-electron chi connectivity index (χ4n) is 1.25. The van der Waals surface area contributed by atoms with Crippen molar-refractivity contribution in [2.45, 2.75) is 12.7 Å². The van der Waals surface area contributed by atoms with Crippen molar-refractivity contribution in [3.8, 4) is 0 Å². The maximum Gasteiger partial charge on any atom is 0.217 e. The Morgan fingerprint density at radius 1 is 1.27 bits per heavy atom. The van der Waals surface area contributed by atoms with Crippen LogP contribution in [-0.4, -0.2) is 26.3 Å². The molecule has 0 heterocycles. The van der Waals surface area contributed by atoms with Crippen molar-refractivity contribution < 1.29 is 18.7 Å². The molecule has 0 N–H and O–H groups in total. The number of rotatable bonds is 5. The lowest BCUT2D eigenvalue weighted by Gasteiger charge is -2.11. The first-order chi connectivity index (χ1) is 7.17. The third kappa shape index (κ3) is 3.42. The molecule has 0 saturated heterocycles. The number of benzene rings is 1. The molecule has 0 saturated carbocycles. The van der Waals surface area contributed by atoms with Gasteiger partial charge in [-0.2, -0.15) is 0 Å². The van der Waals surface area contributed by atoms with Crippen molar-refractivity contribution in [1.29, 1.82) is 0 Å². The summed E-state index contributed by atoms with van der Waals surface area (Å²) in [6.07, 6.45) is -0.679. The van der Waals surface area contributed by atoms with E-state index in [4.69, 9.17) is 9.47 Å². The zero-order chi connectivity index (χ0) is 11.3. The molecule has 0 atom stereocenters. The van der Waals surface area contributed by atoms with E-state index < -0.39 is 6.29 Å². The van der Waals surface area contributed by atoms with Crippen LogP contribution in [0, 0.1) is 5.82 Å². The third-order valence-corrected chi connectivity index (χ3v) is 1.98. The number of carbonyl (C=O) groups is 1. The fourth-order valence-corrected chi connectivity index (χ4v) is 1.25. The highest BCUT2D eigenvalue weighted by atomic mass is 19.1. The van der Waals surface area contributed by atoms with E-state index in [0.29, 0.717) is 0 Å². The van der Waals surface area contributed by atoms with Gasteiger partial charge in [-0.1, -0.05) is 12.1 Å². The van der Waals surface area contributed by atoms with Crippen molar-refractivity contribution >= 4 is 5.78 Å². The Bertz CT molecular complexity index is 317. The molecule has 0 amide bonds. The lowest BCUT2D eigenvalue weighted by Crippen LogP contribution is -2.26. The van der Waals surface area contributed by atoms with Gasteiger partial charge in [0.2, 0.25) is 6.29 Å². The van der Waals surface area contributed by atoms with Crippen LogP contribution in [0.1, 0.15) is 5.56 Å². The number of halogens is 1. The molecule has 0 bridgehead atoms. The summed E-state index contributed by atoms with van der Waals surface area (Å²) >= 11 is 0. The number of methoxy groups -OCH3 is 2. The van der Waals surface area contributed by atoms with Crippen molar-refractivity contribution in [1.82, 2.24) is 0 Å². The second kappa shape index (κ2) is 5.58. The van der Waals surface area contributed by atoms with E-state index in [-0.39, 0.29) is 18.0 Å². The second-order valence-electron chi connectivity index (χ2n) is 3.07. The molecule has 82 valence electrons. The first-order valence-electron chi connectivity index (χ1n) is 4.50. The van der Waals surface area contributed by atoms with Gasteiger partial charge in [-0.3, -0.25) is 4.79 Å². The highest BCUT2D eigenvalue weighted by Crippen LogP contribution is 2.06. The number of hydrogen-bond acceptors (Lipinski definition) is 3. The maximum atomic E-state index is 12.6. The summed E-state index contributed by atoms with van der Waals surface area (Å²) in [6, 6.07) is 5.76. The van der Waals surface area contributed by atoms with Gasteiger partial charge in [-0.25, -0.2) is 4.39 Å². The number of ether oxygens (including phenoxy) is 2. The molecule has 0 aliphatic carbocycles. The summed E-state index contributed by atoms with van der Waals surface area (Å²) in [5, 5.41) is 0. The SMILES string of the molecule is COC(OC)C(=O)Cc1ccc(F)cc1. The van der Waals surface area contributed by atoms with Gasteiger partial charge < -0.3 is 9.47 Å². The summed E-state index contributed by atoms with van der Waals surface area (Å²) < 4.78 is 22.2. The normalized spacial score (nSPS) is 10.7. The Labute approximate surface area is 87.8 Å². The number of hydrogen-bond donors (Lipinski definition) is 0. The van der Waals surface area contributed by atoms with Gasteiger partial charge in [0.05, 0.1) is 0 Å². The molecule has 0 aromatic heterocycles. The first kappa shape index (κ1) is 11.8. The lowest BCUT2D eigenvalue weighted by atomic mass is 10.1. The van der Waals surface area contributed by atoms with Gasteiger partial charge >= 0.3 is 0 Å². The van der Waals surface area contributed by atoms with Crippen LogP contribution in [0.2, 0.25) is 0 Å². The Hall–Kier alpha value is -1.26. The Balaban J connectivity index is 2.61. The van der Waals surface area contributed by atoms with Crippen molar-refractivity contribution in [3.63, 3.8) is 0 Å². The molecule has 1 aromatic rings. The molecule has 0 radical (unpaired) electrons. The van der Waals surface area contributed by atoms with E-state index in [1.54, 1.807) is 12.1 Å². The molecule has 0 fully saturated rings. The topological polar surface area (TPSA) is 35.5 Å². The second-order valence-corrected chi connectivity index (χ2v) is 3.07.